The minimum Gasteiger partial charge on any atom is -0.619 e. The van der Waals surface area contributed by atoms with Crippen molar-refractivity contribution < 1.29 is 17.9 Å². The molecule has 0 spiro atoms. The molecule has 2 aromatic carbocycles. The molecule has 1 aliphatic rings. The lowest BCUT2D eigenvalue weighted by atomic mass is 10.1. The zero-order valence-electron chi connectivity index (χ0n) is 18.0. The van der Waals surface area contributed by atoms with Crippen LogP contribution in [-0.4, -0.2) is 54.7 Å². The highest BCUT2D eigenvalue weighted by molar-refractivity contribution is 7.89. The number of H-pyrrole nitrogens is 1. The van der Waals surface area contributed by atoms with Gasteiger partial charge in [-0.3, -0.25) is 4.79 Å². The fourth-order valence-corrected chi connectivity index (χ4v) is 5.70. The molecule has 34 heavy (non-hydrogen) atoms. The van der Waals surface area contributed by atoms with E-state index in [1.165, 1.54) is 16.7 Å². The molecule has 0 bridgehead atoms. The molecule has 174 valence electrons. The molecule has 1 amide bonds. The Labute approximate surface area is 201 Å². The van der Waals surface area contributed by atoms with Gasteiger partial charge in [-0.15, -0.1) is 0 Å². The van der Waals surface area contributed by atoms with E-state index in [0.29, 0.717) is 28.5 Å². The second-order valence-corrected chi connectivity index (χ2v) is 10.5. The number of fused-ring (bicyclic) bond motifs is 1. The minimum atomic E-state index is -3.69. The first kappa shape index (κ1) is 22.4. The van der Waals surface area contributed by atoms with Crippen LogP contribution in [0.25, 0.3) is 22.0 Å². The average molecular weight is 497 g/mol. The van der Waals surface area contributed by atoms with Crippen LogP contribution >= 0.6 is 11.6 Å². The molecule has 10 heteroatoms. The standard InChI is InChI=1S/C24H21ClN4O4S/c25-20-3-6-22-19(15-20)16-23(26-22)24(30)27-11-13-29(14-12-27)34(32,33)21-4-1-17(2-5-21)18-7-9-28(31)10-8-18/h1-10,15-16,26H,11-14H2. The van der Waals surface area contributed by atoms with E-state index >= 15 is 0 Å². The van der Waals surface area contributed by atoms with Crippen molar-refractivity contribution in [3.63, 3.8) is 0 Å². The molecule has 8 nitrogen and oxygen atoms in total. The summed E-state index contributed by atoms with van der Waals surface area (Å²) in [5.74, 6) is -0.170. The van der Waals surface area contributed by atoms with Gasteiger partial charge in [-0.25, -0.2) is 8.42 Å². The summed E-state index contributed by atoms with van der Waals surface area (Å²) in [7, 11) is -3.69. The van der Waals surface area contributed by atoms with Crippen molar-refractivity contribution in [2.75, 3.05) is 26.2 Å². The molecule has 1 aliphatic heterocycles. The molecule has 0 radical (unpaired) electrons. The number of aromatic nitrogens is 2. The Morgan fingerprint density at radius 3 is 2.24 bits per heavy atom. The summed E-state index contributed by atoms with van der Waals surface area (Å²) in [4.78, 5) is 17.9. The van der Waals surface area contributed by atoms with Crippen molar-refractivity contribution in [1.82, 2.24) is 14.2 Å². The number of carbonyl (C=O) groups is 1. The SMILES string of the molecule is O=C(c1cc2cc(Cl)ccc2[nH]1)N1CCN(S(=O)(=O)c2ccc(-c3cc[n+]([O-])cc3)cc2)CC1. The van der Waals surface area contributed by atoms with Crippen LogP contribution in [0.4, 0.5) is 0 Å². The van der Waals surface area contributed by atoms with Crippen LogP contribution in [0.1, 0.15) is 10.5 Å². The van der Waals surface area contributed by atoms with Gasteiger partial charge in [0.15, 0.2) is 12.4 Å². The van der Waals surface area contributed by atoms with Crippen LogP contribution in [0.3, 0.4) is 0 Å². The number of nitrogens with zero attached hydrogens (tertiary/aromatic N) is 3. The fourth-order valence-electron chi connectivity index (χ4n) is 4.09. The summed E-state index contributed by atoms with van der Waals surface area (Å²) in [6.07, 6.45) is 2.79. The summed E-state index contributed by atoms with van der Waals surface area (Å²) in [6, 6.07) is 17.1. The molecular formula is C24H21ClN4O4S. The van der Waals surface area contributed by atoms with E-state index < -0.39 is 10.0 Å². The minimum absolute atomic E-state index is 0.170. The van der Waals surface area contributed by atoms with Crippen molar-refractivity contribution in [3.05, 3.63) is 89.0 Å². The van der Waals surface area contributed by atoms with E-state index in [0.717, 1.165) is 22.0 Å². The number of pyridine rings is 1. The molecule has 5 rings (SSSR count). The van der Waals surface area contributed by atoms with Crippen molar-refractivity contribution >= 4 is 38.4 Å². The molecule has 0 atom stereocenters. The number of nitrogens with one attached hydrogen (secondary N) is 1. The number of halogens is 1. The van der Waals surface area contributed by atoms with Gasteiger partial charge in [0.05, 0.1) is 4.90 Å². The Morgan fingerprint density at radius 2 is 1.56 bits per heavy atom. The second-order valence-electron chi connectivity index (χ2n) is 8.08. The summed E-state index contributed by atoms with van der Waals surface area (Å²) in [6.45, 7) is 1.02. The van der Waals surface area contributed by atoms with Gasteiger partial charge in [0.1, 0.15) is 5.69 Å². The van der Waals surface area contributed by atoms with Crippen LogP contribution in [0.2, 0.25) is 5.02 Å². The Balaban J connectivity index is 1.26. The Hall–Kier alpha value is -3.40. The lowest BCUT2D eigenvalue weighted by Crippen LogP contribution is -2.50. The van der Waals surface area contributed by atoms with Crippen molar-refractivity contribution in [1.29, 1.82) is 0 Å². The summed E-state index contributed by atoms with van der Waals surface area (Å²) < 4.78 is 28.4. The molecule has 0 saturated carbocycles. The third-order valence-corrected chi connectivity index (χ3v) is 8.11. The molecule has 1 saturated heterocycles. The fraction of sp³-hybridized carbons (Fsp3) is 0.167. The number of carbonyl (C=O) groups excluding carboxylic acids is 1. The first-order valence-corrected chi connectivity index (χ1v) is 12.5. The lowest BCUT2D eigenvalue weighted by Gasteiger charge is -2.33. The van der Waals surface area contributed by atoms with Crippen LogP contribution < -0.4 is 4.73 Å². The first-order chi connectivity index (χ1) is 16.3. The third-order valence-electron chi connectivity index (χ3n) is 5.97. The average Bonchev–Trinajstić information content (AvgIpc) is 3.27. The highest BCUT2D eigenvalue weighted by Crippen LogP contribution is 2.24. The number of amides is 1. The molecule has 0 unspecified atom stereocenters. The predicted octanol–water partition coefficient (Wildman–Crippen LogP) is 3.27. The van der Waals surface area contributed by atoms with E-state index in [4.69, 9.17) is 11.6 Å². The van der Waals surface area contributed by atoms with Crippen molar-refractivity contribution in [2.24, 2.45) is 0 Å². The maximum absolute atomic E-state index is 13.1. The Morgan fingerprint density at radius 1 is 0.912 bits per heavy atom. The van der Waals surface area contributed by atoms with Crippen LogP contribution in [0, 0.1) is 5.21 Å². The highest BCUT2D eigenvalue weighted by Gasteiger charge is 2.31. The first-order valence-electron chi connectivity index (χ1n) is 10.7. The Kier molecular flexibility index (Phi) is 5.76. The number of aromatic amines is 1. The molecule has 1 fully saturated rings. The maximum atomic E-state index is 13.1. The lowest BCUT2D eigenvalue weighted by molar-refractivity contribution is -0.605. The third kappa shape index (κ3) is 4.25. The maximum Gasteiger partial charge on any atom is 0.270 e. The van der Waals surface area contributed by atoms with E-state index in [9.17, 15) is 18.4 Å². The van der Waals surface area contributed by atoms with Crippen molar-refractivity contribution in [2.45, 2.75) is 4.90 Å². The van der Waals surface area contributed by atoms with E-state index in [-0.39, 0.29) is 23.9 Å². The van der Waals surface area contributed by atoms with Gasteiger partial charge >= 0.3 is 0 Å². The van der Waals surface area contributed by atoms with E-state index in [1.54, 1.807) is 59.5 Å². The number of piperazine rings is 1. The highest BCUT2D eigenvalue weighted by atomic mass is 35.5. The van der Waals surface area contributed by atoms with Gasteiger partial charge in [0, 0.05) is 54.2 Å². The number of hydrogen-bond acceptors (Lipinski definition) is 4. The van der Waals surface area contributed by atoms with Gasteiger partial charge in [-0.1, -0.05) is 23.7 Å². The van der Waals surface area contributed by atoms with Crippen LogP contribution in [0.15, 0.2) is 78.0 Å². The van der Waals surface area contributed by atoms with Gasteiger partial charge < -0.3 is 15.1 Å². The van der Waals surface area contributed by atoms with Gasteiger partial charge in [0.25, 0.3) is 5.91 Å². The smallest absolute Gasteiger partial charge is 0.270 e. The van der Waals surface area contributed by atoms with E-state index in [1.807, 2.05) is 6.07 Å². The number of sulfonamides is 1. The molecule has 1 N–H and O–H groups in total. The second kappa shape index (κ2) is 8.75. The van der Waals surface area contributed by atoms with Crippen LogP contribution in [-0.2, 0) is 10.0 Å². The van der Waals surface area contributed by atoms with Crippen LogP contribution in [0.5, 0.6) is 0 Å². The van der Waals surface area contributed by atoms with Gasteiger partial charge in [0.2, 0.25) is 10.0 Å². The van der Waals surface area contributed by atoms with Crippen molar-refractivity contribution in [3.8, 4) is 11.1 Å². The zero-order valence-corrected chi connectivity index (χ0v) is 19.6. The predicted molar refractivity (Wildman–Crippen MR) is 129 cm³/mol. The molecule has 4 aromatic rings. The number of benzene rings is 2. The zero-order chi connectivity index (χ0) is 23.9. The number of rotatable bonds is 4. The topological polar surface area (TPSA) is 100 Å². The summed E-state index contributed by atoms with van der Waals surface area (Å²) >= 11 is 6.03. The quantitative estimate of drug-likeness (QED) is 0.346. The van der Waals surface area contributed by atoms with Gasteiger partial charge in [-0.05, 0) is 47.5 Å². The molecular weight excluding hydrogens is 476 g/mol. The normalized spacial score (nSPS) is 15.0. The van der Waals surface area contributed by atoms with E-state index in [2.05, 4.69) is 4.98 Å². The monoisotopic (exact) mass is 496 g/mol. The largest absolute Gasteiger partial charge is 0.619 e. The number of hydrogen-bond donors (Lipinski definition) is 1. The molecule has 0 aliphatic carbocycles. The summed E-state index contributed by atoms with van der Waals surface area (Å²) in [5.41, 5.74) is 2.91. The molecule has 3 heterocycles. The molecule has 2 aromatic heterocycles. The Bertz CT molecular complexity index is 1460. The van der Waals surface area contributed by atoms with Gasteiger partial charge in [-0.2, -0.15) is 9.04 Å². The summed E-state index contributed by atoms with van der Waals surface area (Å²) in [5, 5.41) is 12.7.